The van der Waals surface area contributed by atoms with Gasteiger partial charge in [0.1, 0.15) is 0 Å². The third-order valence-electron chi connectivity index (χ3n) is 8.79. The third-order valence-corrected chi connectivity index (χ3v) is 10.2. The molecular weight excluding hydrogens is 488 g/mol. The summed E-state index contributed by atoms with van der Waals surface area (Å²) in [5.41, 5.74) is 8.92. The molecular formula is C38H36S. The summed E-state index contributed by atoms with van der Waals surface area (Å²) in [5.74, 6) is 0. The highest BCUT2D eigenvalue weighted by molar-refractivity contribution is 8.03. The van der Waals surface area contributed by atoms with Crippen LogP contribution in [0.1, 0.15) is 79.7 Å². The Morgan fingerprint density at radius 1 is 0.513 bits per heavy atom. The molecule has 0 saturated heterocycles. The number of rotatable bonds is 4. The summed E-state index contributed by atoms with van der Waals surface area (Å²) in [7, 11) is 0. The van der Waals surface area contributed by atoms with E-state index >= 15 is 0 Å². The molecule has 1 atom stereocenters. The predicted molar refractivity (Wildman–Crippen MR) is 172 cm³/mol. The third kappa shape index (κ3) is 4.83. The molecule has 3 aliphatic rings. The van der Waals surface area contributed by atoms with E-state index in [1.165, 1.54) is 92.8 Å². The maximum absolute atomic E-state index is 2.55. The van der Waals surface area contributed by atoms with Crippen LogP contribution in [0.4, 0.5) is 0 Å². The molecule has 39 heavy (non-hydrogen) atoms. The van der Waals surface area contributed by atoms with Crippen LogP contribution in [0.2, 0.25) is 0 Å². The molecule has 0 fully saturated rings. The predicted octanol–water partition coefficient (Wildman–Crippen LogP) is 11.6. The zero-order valence-electron chi connectivity index (χ0n) is 22.7. The van der Waals surface area contributed by atoms with Crippen molar-refractivity contribution in [3.8, 4) is 0 Å². The second-order valence-electron chi connectivity index (χ2n) is 11.2. The van der Waals surface area contributed by atoms with Crippen LogP contribution in [-0.4, -0.2) is 0 Å². The van der Waals surface area contributed by atoms with Crippen LogP contribution in [0.15, 0.2) is 114 Å². The average Bonchev–Trinajstić information content (AvgIpc) is 3.47. The summed E-state index contributed by atoms with van der Waals surface area (Å²) in [6.45, 7) is 0. The lowest BCUT2D eigenvalue weighted by atomic mass is 9.81. The topological polar surface area (TPSA) is 0 Å². The van der Waals surface area contributed by atoms with Gasteiger partial charge >= 0.3 is 0 Å². The van der Waals surface area contributed by atoms with Gasteiger partial charge in [0.25, 0.3) is 0 Å². The van der Waals surface area contributed by atoms with Gasteiger partial charge in [-0.3, -0.25) is 0 Å². The van der Waals surface area contributed by atoms with Crippen LogP contribution < -0.4 is 0 Å². The fourth-order valence-electron chi connectivity index (χ4n) is 6.83. The Hall–Kier alpha value is -3.29. The van der Waals surface area contributed by atoms with Crippen molar-refractivity contribution >= 4 is 44.5 Å². The number of fused-ring (bicyclic) bond motifs is 2. The second kappa shape index (κ2) is 11.1. The van der Waals surface area contributed by atoms with Gasteiger partial charge in [-0.15, -0.1) is 11.8 Å². The van der Waals surface area contributed by atoms with Crippen LogP contribution in [0, 0.1) is 0 Å². The Balaban J connectivity index is 1.29. The summed E-state index contributed by atoms with van der Waals surface area (Å²) in [5, 5.41) is 6.23. The molecule has 1 heterocycles. The van der Waals surface area contributed by atoms with E-state index in [1.807, 2.05) is 0 Å². The number of allylic oxidation sites excluding steroid dienone is 7. The first-order chi connectivity index (χ1) is 19.4. The molecule has 1 heteroatoms. The molecule has 0 nitrogen and oxygen atoms in total. The van der Waals surface area contributed by atoms with Crippen LogP contribution in [0.25, 0.3) is 32.7 Å². The maximum atomic E-state index is 2.55. The quantitative estimate of drug-likeness (QED) is 0.239. The van der Waals surface area contributed by atoms with Crippen molar-refractivity contribution in [2.75, 3.05) is 0 Å². The Morgan fingerprint density at radius 3 is 1.77 bits per heavy atom. The number of hydrogen-bond acceptors (Lipinski definition) is 1. The Morgan fingerprint density at radius 2 is 1.10 bits per heavy atom. The molecule has 0 bridgehead atoms. The van der Waals surface area contributed by atoms with Gasteiger partial charge in [0.2, 0.25) is 0 Å². The van der Waals surface area contributed by atoms with E-state index in [-0.39, 0.29) is 0 Å². The molecule has 1 aliphatic heterocycles. The van der Waals surface area contributed by atoms with Crippen LogP contribution in [0.5, 0.6) is 0 Å². The molecule has 0 N–H and O–H groups in total. The van der Waals surface area contributed by atoms with Gasteiger partial charge in [-0.1, -0.05) is 116 Å². The molecule has 0 saturated carbocycles. The fourth-order valence-corrected chi connectivity index (χ4v) is 8.14. The molecule has 194 valence electrons. The van der Waals surface area contributed by atoms with Crippen molar-refractivity contribution in [2.24, 2.45) is 0 Å². The molecule has 1 unspecified atom stereocenters. The van der Waals surface area contributed by atoms with E-state index in [9.17, 15) is 0 Å². The minimum absolute atomic E-state index is 0.551. The van der Waals surface area contributed by atoms with Gasteiger partial charge in [-0.25, -0.2) is 0 Å². The van der Waals surface area contributed by atoms with E-state index in [4.69, 9.17) is 0 Å². The van der Waals surface area contributed by atoms with E-state index in [0.717, 1.165) is 19.3 Å². The van der Waals surface area contributed by atoms with Gasteiger partial charge in [-0.2, -0.15) is 0 Å². The lowest BCUT2D eigenvalue weighted by Crippen LogP contribution is -2.00. The lowest BCUT2D eigenvalue weighted by molar-refractivity contribution is 0.644. The first kappa shape index (κ1) is 24.7. The normalized spacial score (nSPS) is 21.5. The van der Waals surface area contributed by atoms with Crippen molar-refractivity contribution in [2.45, 2.75) is 63.0 Å². The number of benzene rings is 4. The zero-order chi connectivity index (χ0) is 26.0. The Labute approximate surface area is 237 Å². The molecule has 0 amide bonds. The number of thioether (sulfide) groups is 1. The minimum atomic E-state index is 0.551. The van der Waals surface area contributed by atoms with Crippen LogP contribution in [0.3, 0.4) is 0 Å². The van der Waals surface area contributed by atoms with Gasteiger partial charge in [0.15, 0.2) is 0 Å². The Bertz CT molecular complexity index is 1590. The minimum Gasteiger partial charge on any atom is -0.118 e. The van der Waals surface area contributed by atoms with Crippen molar-refractivity contribution in [1.29, 1.82) is 0 Å². The van der Waals surface area contributed by atoms with E-state index in [0.29, 0.717) is 5.25 Å². The summed E-state index contributed by atoms with van der Waals surface area (Å²) < 4.78 is 0. The lowest BCUT2D eigenvalue weighted by Gasteiger charge is -2.23. The number of hydrogen-bond donors (Lipinski definition) is 0. The monoisotopic (exact) mass is 524 g/mol. The van der Waals surface area contributed by atoms with Crippen LogP contribution >= 0.6 is 11.8 Å². The Kier molecular flexibility index (Phi) is 7.02. The fraction of sp³-hybridized carbons (Fsp3) is 0.263. The highest BCUT2D eigenvalue weighted by Gasteiger charge is 2.24. The van der Waals surface area contributed by atoms with Crippen molar-refractivity contribution < 1.29 is 0 Å². The molecule has 0 radical (unpaired) electrons. The van der Waals surface area contributed by atoms with Gasteiger partial charge in [-0.05, 0) is 99.9 Å². The highest BCUT2D eigenvalue weighted by atomic mass is 32.2. The van der Waals surface area contributed by atoms with E-state index < -0.39 is 0 Å². The average molecular weight is 525 g/mol. The van der Waals surface area contributed by atoms with Crippen molar-refractivity contribution in [3.05, 3.63) is 130 Å². The van der Waals surface area contributed by atoms with E-state index in [2.05, 4.69) is 115 Å². The largest absolute Gasteiger partial charge is 0.118 e. The smallest absolute Gasteiger partial charge is 0.0379 e. The maximum Gasteiger partial charge on any atom is 0.0379 e. The first-order valence-electron chi connectivity index (χ1n) is 14.8. The summed E-state index contributed by atoms with van der Waals surface area (Å²) >= 11 is 2.05. The van der Waals surface area contributed by atoms with Crippen LogP contribution in [-0.2, 0) is 0 Å². The standard InChI is InChI=1S/C38H36S/c1-2-5-15-29(16-6-3-1)37-31-17-9-11-19-33(31)38(34-20-12-10-18-32(34)37)30-23-21-28(22-24-30)36-26-25-35(39-36)27-13-7-4-8-14-27/h4,7-15,17-21,23,26,35H,1-3,5-6,16,22,24-25H2/b29-15+. The SMILES string of the molecule is C1=C(C2=CCC(c3ccccc3)S2)CCC(c2c3ccccc3c(/C3=C/CCCCCC3)c3ccccc23)=C1. The second-order valence-corrected chi connectivity index (χ2v) is 12.5. The summed E-state index contributed by atoms with van der Waals surface area (Å²) in [4.78, 5) is 1.49. The molecule has 4 aromatic rings. The van der Waals surface area contributed by atoms with Crippen molar-refractivity contribution in [1.82, 2.24) is 0 Å². The molecule has 4 aromatic carbocycles. The molecule has 7 rings (SSSR count). The van der Waals surface area contributed by atoms with Crippen molar-refractivity contribution in [3.63, 3.8) is 0 Å². The van der Waals surface area contributed by atoms with E-state index in [1.54, 1.807) is 5.57 Å². The summed E-state index contributed by atoms with van der Waals surface area (Å²) in [6, 6.07) is 29.4. The zero-order valence-corrected chi connectivity index (χ0v) is 23.5. The highest BCUT2D eigenvalue weighted by Crippen LogP contribution is 2.49. The molecule has 0 spiro atoms. The van der Waals surface area contributed by atoms with Gasteiger partial charge < -0.3 is 0 Å². The van der Waals surface area contributed by atoms with Gasteiger partial charge in [0, 0.05) is 10.2 Å². The molecule has 2 aliphatic carbocycles. The summed E-state index contributed by atoms with van der Waals surface area (Å²) in [6.07, 6.45) is 20.9. The van der Waals surface area contributed by atoms with Gasteiger partial charge in [0.05, 0.1) is 0 Å². The molecule has 0 aromatic heterocycles. The first-order valence-corrected chi connectivity index (χ1v) is 15.7.